The summed E-state index contributed by atoms with van der Waals surface area (Å²) in [5, 5.41) is 3.50. The molecule has 0 amide bonds. The Kier molecular flexibility index (Phi) is 4.46. The molecule has 0 unspecified atom stereocenters. The van der Waals surface area contributed by atoms with E-state index in [1.807, 2.05) is 12.3 Å². The van der Waals surface area contributed by atoms with Gasteiger partial charge in [-0.15, -0.1) is 11.3 Å². The van der Waals surface area contributed by atoms with Crippen LogP contribution in [0.3, 0.4) is 0 Å². The Morgan fingerprint density at radius 3 is 2.95 bits per heavy atom. The third-order valence-electron chi connectivity index (χ3n) is 3.36. The van der Waals surface area contributed by atoms with Crippen molar-refractivity contribution in [2.75, 3.05) is 7.05 Å². The van der Waals surface area contributed by atoms with Crippen molar-refractivity contribution in [3.63, 3.8) is 0 Å². The van der Waals surface area contributed by atoms with E-state index in [0.29, 0.717) is 0 Å². The maximum atomic E-state index is 5.95. The average molecular weight is 311 g/mol. The molecule has 1 aliphatic carbocycles. The van der Waals surface area contributed by atoms with Crippen molar-refractivity contribution < 1.29 is 4.42 Å². The molecule has 0 atom stereocenters. The standard InChI is InChI=1S/C15H19ClN2OS/c1-18(9-14-4-5-15(16)20-14)8-13-6-11(10-19-13)7-17-12-2-3-12/h4-6,10,12,17H,2-3,7-9H2,1H3. The molecule has 20 heavy (non-hydrogen) atoms. The Hall–Kier alpha value is -0.810. The van der Waals surface area contributed by atoms with E-state index in [2.05, 4.69) is 29.4 Å². The molecule has 0 aliphatic heterocycles. The molecule has 2 aromatic heterocycles. The average Bonchev–Trinajstić information content (AvgIpc) is 3.00. The molecule has 1 fully saturated rings. The van der Waals surface area contributed by atoms with E-state index in [0.717, 1.165) is 35.8 Å². The number of halogens is 1. The fraction of sp³-hybridized carbons (Fsp3) is 0.467. The van der Waals surface area contributed by atoms with Crippen molar-refractivity contribution in [3.05, 3.63) is 45.0 Å². The van der Waals surface area contributed by atoms with Crippen LogP contribution in [0.4, 0.5) is 0 Å². The van der Waals surface area contributed by atoms with Crippen molar-refractivity contribution in [1.82, 2.24) is 10.2 Å². The minimum atomic E-state index is 0.736. The summed E-state index contributed by atoms with van der Waals surface area (Å²) in [6, 6.07) is 6.91. The van der Waals surface area contributed by atoms with Crippen LogP contribution in [-0.2, 0) is 19.6 Å². The van der Waals surface area contributed by atoms with Gasteiger partial charge in [-0.25, -0.2) is 0 Å². The molecule has 2 heterocycles. The summed E-state index contributed by atoms with van der Waals surface area (Å²) in [6.07, 6.45) is 4.49. The summed E-state index contributed by atoms with van der Waals surface area (Å²) >= 11 is 7.58. The predicted octanol–water partition coefficient (Wildman–Crippen LogP) is 3.88. The van der Waals surface area contributed by atoms with Crippen molar-refractivity contribution in [3.8, 4) is 0 Å². The van der Waals surface area contributed by atoms with Gasteiger partial charge in [-0.3, -0.25) is 4.90 Å². The van der Waals surface area contributed by atoms with Gasteiger partial charge >= 0.3 is 0 Å². The van der Waals surface area contributed by atoms with Gasteiger partial charge < -0.3 is 9.73 Å². The lowest BCUT2D eigenvalue weighted by Crippen LogP contribution is -2.16. The quantitative estimate of drug-likeness (QED) is 0.841. The highest BCUT2D eigenvalue weighted by Gasteiger charge is 2.20. The Bertz CT molecular complexity index is 562. The second-order valence-electron chi connectivity index (χ2n) is 5.45. The lowest BCUT2D eigenvalue weighted by Gasteiger charge is -2.13. The molecular formula is C15H19ClN2OS. The van der Waals surface area contributed by atoms with Crippen LogP contribution in [0.1, 0.15) is 29.0 Å². The topological polar surface area (TPSA) is 28.4 Å². The number of nitrogens with one attached hydrogen (secondary N) is 1. The zero-order valence-electron chi connectivity index (χ0n) is 11.6. The fourth-order valence-corrected chi connectivity index (χ4v) is 3.34. The van der Waals surface area contributed by atoms with E-state index in [1.54, 1.807) is 11.3 Å². The molecule has 0 aromatic carbocycles. The van der Waals surface area contributed by atoms with Crippen LogP contribution in [0.15, 0.2) is 28.9 Å². The molecule has 1 N–H and O–H groups in total. The third kappa shape index (κ3) is 4.09. The van der Waals surface area contributed by atoms with Crippen LogP contribution >= 0.6 is 22.9 Å². The highest BCUT2D eigenvalue weighted by atomic mass is 35.5. The predicted molar refractivity (Wildman–Crippen MR) is 83.1 cm³/mol. The lowest BCUT2D eigenvalue weighted by molar-refractivity contribution is 0.290. The van der Waals surface area contributed by atoms with Gasteiger partial charge in [0.25, 0.3) is 0 Å². The van der Waals surface area contributed by atoms with Gasteiger partial charge in [0.2, 0.25) is 0 Å². The first-order valence-corrected chi connectivity index (χ1v) is 8.11. The zero-order valence-corrected chi connectivity index (χ0v) is 13.1. The molecule has 3 rings (SSSR count). The summed E-state index contributed by atoms with van der Waals surface area (Å²) in [5.74, 6) is 1.02. The normalized spacial score (nSPS) is 15.2. The van der Waals surface area contributed by atoms with Crippen molar-refractivity contribution in [1.29, 1.82) is 0 Å². The molecule has 108 valence electrons. The number of hydrogen-bond donors (Lipinski definition) is 1. The second-order valence-corrected chi connectivity index (χ2v) is 7.25. The van der Waals surface area contributed by atoms with E-state index in [4.69, 9.17) is 16.0 Å². The van der Waals surface area contributed by atoms with Gasteiger partial charge in [0.1, 0.15) is 5.76 Å². The molecule has 1 saturated carbocycles. The molecular weight excluding hydrogens is 292 g/mol. The summed E-state index contributed by atoms with van der Waals surface area (Å²) in [6.45, 7) is 2.63. The van der Waals surface area contributed by atoms with E-state index in [9.17, 15) is 0 Å². The smallest absolute Gasteiger partial charge is 0.118 e. The fourth-order valence-electron chi connectivity index (χ4n) is 2.18. The van der Waals surface area contributed by atoms with Gasteiger partial charge in [-0.1, -0.05) is 11.6 Å². The van der Waals surface area contributed by atoms with Gasteiger partial charge in [-0.05, 0) is 38.1 Å². The third-order valence-corrected chi connectivity index (χ3v) is 4.58. The Labute approximate surface area is 128 Å². The monoisotopic (exact) mass is 310 g/mol. The molecule has 1 aliphatic rings. The summed E-state index contributed by atoms with van der Waals surface area (Å²) in [5.41, 5.74) is 1.24. The van der Waals surface area contributed by atoms with Crippen molar-refractivity contribution >= 4 is 22.9 Å². The lowest BCUT2D eigenvalue weighted by atomic mass is 10.3. The maximum Gasteiger partial charge on any atom is 0.118 e. The summed E-state index contributed by atoms with van der Waals surface area (Å²) in [4.78, 5) is 3.51. The van der Waals surface area contributed by atoms with Crippen LogP contribution < -0.4 is 5.32 Å². The Morgan fingerprint density at radius 2 is 2.25 bits per heavy atom. The molecule has 0 bridgehead atoms. The SMILES string of the molecule is CN(Cc1cc(CNC2CC2)co1)Cc1ccc(Cl)s1. The minimum absolute atomic E-state index is 0.736. The molecule has 3 nitrogen and oxygen atoms in total. The minimum Gasteiger partial charge on any atom is -0.468 e. The number of hydrogen-bond acceptors (Lipinski definition) is 4. The molecule has 5 heteroatoms. The number of furan rings is 1. The zero-order chi connectivity index (χ0) is 13.9. The van der Waals surface area contributed by atoms with E-state index in [1.165, 1.54) is 23.3 Å². The van der Waals surface area contributed by atoms with Gasteiger partial charge in [0, 0.05) is 29.6 Å². The molecule has 2 aromatic rings. The molecule has 0 radical (unpaired) electrons. The van der Waals surface area contributed by atoms with Gasteiger partial charge in [0.15, 0.2) is 0 Å². The van der Waals surface area contributed by atoms with Gasteiger partial charge in [-0.2, -0.15) is 0 Å². The maximum absolute atomic E-state index is 5.95. The highest BCUT2D eigenvalue weighted by molar-refractivity contribution is 7.16. The second kappa shape index (κ2) is 6.31. The van der Waals surface area contributed by atoms with E-state index < -0.39 is 0 Å². The van der Waals surface area contributed by atoms with Crippen LogP contribution in [0.25, 0.3) is 0 Å². The first kappa shape index (κ1) is 14.1. The van der Waals surface area contributed by atoms with Crippen molar-refractivity contribution in [2.24, 2.45) is 0 Å². The number of thiophene rings is 1. The van der Waals surface area contributed by atoms with Crippen LogP contribution in [0.5, 0.6) is 0 Å². The van der Waals surface area contributed by atoms with Crippen LogP contribution in [0, 0.1) is 0 Å². The van der Waals surface area contributed by atoms with Crippen LogP contribution in [0.2, 0.25) is 4.34 Å². The van der Waals surface area contributed by atoms with E-state index in [-0.39, 0.29) is 0 Å². The largest absolute Gasteiger partial charge is 0.468 e. The number of rotatable bonds is 7. The summed E-state index contributed by atoms with van der Waals surface area (Å²) in [7, 11) is 2.10. The van der Waals surface area contributed by atoms with Gasteiger partial charge in [0.05, 0.1) is 17.1 Å². The summed E-state index contributed by atoms with van der Waals surface area (Å²) < 4.78 is 6.47. The first-order valence-electron chi connectivity index (χ1n) is 6.91. The Balaban J connectivity index is 1.48. The van der Waals surface area contributed by atoms with E-state index >= 15 is 0 Å². The highest BCUT2D eigenvalue weighted by Crippen LogP contribution is 2.23. The van der Waals surface area contributed by atoms with Crippen molar-refractivity contribution in [2.45, 2.75) is 38.5 Å². The molecule has 0 saturated heterocycles. The molecule has 0 spiro atoms. The number of nitrogens with zero attached hydrogens (tertiary/aromatic N) is 1. The Morgan fingerprint density at radius 1 is 1.40 bits per heavy atom. The first-order chi connectivity index (χ1) is 9.69. The van der Waals surface area contributed by atoms with Crippen LogP contribution in [-0.4, -0.2) is 18.0 Å².